The van der Waals surface area contributed by atoms with Crippen molar-refractivity contribution in [1.29, 1.82) is 0 Å². The minimum Gasteiger partial charge on any atom is -0.457 e. The van der Waals surface area contributed by atoms with Crippen molar-refractivity contribution >= 4 is 11.6 Å². The molecule has 1 aliphatic carbocycles. The Balaban J connectivity index is 1.28. The molecule has 166 valence electrons. The van der Waals surface area contributed by atoms with Gasteiger partial charge in [0, 0.05) is 18.2 Å². The Morgan fingerprint density at radius 1 is 0.938 bits per heavy atom. The predicted molar refractivity (Wildman–Crippen MR) is 117 cm³/mol. The van der Waals surface area contributed by atoms with Gasteiger partial charge in [-0.3, -0.25) is 4.79 Å². The standard InChI is InChI=1S/C25H23F3N2O2/c26-25(27,28)16-30-24(31)23-14-22(23)18-9-11-19(12-10-18)29-15-17-5-4-8-21(13-17)32-20-6-2-1-3-7-20/h1-13,22-23,29H,14-16H2,(H,30,31)/t22-,23+/m0/s1. The zero-order chi connectivity index (χ0) is 22.6. The summed E-state index contributed by atoms with van der Waals surface area (Å²) in [5.41, 5.74) is 2.94. The summed E-state index contributed by atoms with van der Waals surface area (Å²) in [6.45, 7) is -0.674. The summed E-state index contributed by atoms with van der Waals surface area (Å²) in [5.74, 6) is 0.591. The van der Waals surface area contributed by atoms with E-state index in [-0.39, 0.29) is 11.8 Å². The normalized spacial score (nSPS) is 17.5. The van der Waals surface area contributed by atoms with Gasteiger partial charge in [0.2, 0.25) is 5.91 Å². The number of alkyl halides is 3. The molecule has 0 radical (unpaired) electrons. The number of halogens is 3. The lowest BCUT2D eigenvalue weighted by Gasteiger charge is -2.10. The molecule has 32 heavy (non-hydrogen) atoms. The average molecular weight is 440 g/mol. The van der Waals surface area contributed by atoms with Gasteiger partial charge in [-0.15, -0.1) is 0 Å². The summed E-state index contributed by atoms with van der Waals surface area (Å²) in [6, 6.07) is 25.1. The van der Waals surface area contributed by atoms with Gasteiger partial charge in [-0.2, -0.15) is 13.2 Å². The van der Waals surface area contributed by atoms with Crippen LogP contribution < -0.4 is 15.4 Å². The molecule has 0 aromatic heterocycles. The van der Waals surface area contributed by atoms with Gasteiger partial charge in [0.15, 0.2) is 0 Å². The molecule has 7 heteroatoms. The summed E-state index contributed by atoms with van der Waals surface area (Å²) in [5, 5.41) is 5.32. The summed E-state index contributed by atoms with van der Waals surface area (Å²) in [4.78, 5) is 11.9. The number of rotatable bonds is 8. The largest absolute Gasteiger partial charge is 0.457 e. The van der Waals surface area contributed by atoms with Crippen molar-refractivity contribution in [2.75, 3.05) is 11.9 Å². The number of benzene rings is 3. The van der Waals surface area contributed by atoms with Crippen molar-refractivity contribution in [3.05, 3.63) is 90.0 Å². The first kappa shape index (κ1) is 21.7. The van der Waals surface area contributed by atoms with E-state index in [0.29, 0.717) is 13.0 Å². The lowest BCUT2D eigenvalue weighted by molar-refractivity contribution is -0.139. The molecular weight excluding hydrogens is 417 g/mol. The Bertz CT molecular complexity index is 1050. The number of amides is 1. The Hall–Kier alpha value is -3.48. The highest BCUT2D eigenvalue weighted by Crippen LogP contribution is 2.47. The molecular formula is C25H23F3N2O2. The van der Waals surface area contributed by atoms with E-state index in [2.05, 4.69) is 5.32 Å². The highest BCUT2D eigenvalue weighted by Gasteiger charge is 2.44. The van der Waals surface area contributed by atoms with Crippen molar-refractivity contribution < 1.29 is 22.7 Å². The lowest BCUT2D eigenvalue weighted by atomic mass is 10.1. The molecule has 0 bridgehead atoms. The average Bonchev–Trinajstić information content (AvgIpc) is 3.58. The SMILES string of the molecule is O=C(NCC(F)(F)F)[C@@H]1C[C@H]1c1ccc(NCc2cccc(Oc3ccccc3)c2)cc1. The van der Waals surface area contributed by atoms with E-state index in [9.17, 15) is 18.0 Å². The van der Waals surface area contributed by atoms with Crippen molar-refractivity contribution in [3.63, 3.8) is 0 Å². The van der Waals surface area contributed by atoms with Crippen molar-refractivity contribution in [2.24, 2.45) is 5.92 Å². The van der Waals surface area contributed by atoms with Gasteiger partial charge >= 0.3 is 6.18 Å². The molecule has 0 spiro atoms. The first-order chi connectivity index (χ1) is 15.4. The number of carbonyl (C=O) groups excluding carboxylic acids is 1. The Kier molecular flexibility index (Phi) is 6.35. The molecule has 3 aromatic carbocycles. The second kappa shape index (κ2) is 9.34. The monoisotopic (exact) mass is 440 g/mol. The molecule has 0 aliphatic heterocycles. The van der Waals surface area contributed by atoms with E-state index >= 15 is 0 Å². The Labute approximate surface area is 184 Å². The van der Waals surface area contributed by atoms with Crippen molar-refractivity contribution in [2.45, 2.75) is 25.1 Å². The summed E-state index contributed by atoms with van der Waals surface area (Å²) in [7, 11) is 0. The van der Waals surface area contributed by atoms with Gasteiger partial charge in [-0.05, 0) is 59.9 Å². The van der Waals surface area contributed by atoms with Gasteiger partial charge in [0.25, 0.3) is 0 Å². The fourth-order valence-corrected chi connectivity index (χ4v) is 3.57. The highest BCUT2D eigenvalue weighted by molar-refractivity contribution is 5.83. The van der Waals surface area contributed by atoms with Crippen molar-refractivity contribution in [3.8, 4) is 11.5 Å². The first-order valence-corrected chi connectivity index (χ1v) is 10.4. The molecule has 2 atom stereocenters. The highest BCUT2D eigenvalue weighted by atomic mass is 19.4. The first-order valence-electron chi connectivity index (χ1n) is 10.4. The van der Waals surface area contributed by atoms with E-state index in [0.717, 1.165) is 28.3 Å². The number of hydrogen-bond acceptors (Lipinski definition) is 3. The minimum atomic E-state index is -4.39. The topological polar surface area (TPSA) is 50.4 Å². The molecule has 1 aliphatic rings. The molecule has 3 aromatic rings. The predicted octanol–water partition coefficient (Wildman–Crippen LogP) is 5.87. The second-order valence-electron chi connectivity index (χ2n) is 7.82. The van der Waals surface area contributed by atoms with E-state index < -0.39 is 18.6 Å². The summed E-state index contributed by atoms with van der Waals surface area (Å²) >= 11 is 0. The zero-order valence-electron chi connectivity index (χ0n) is 17.2. The second-order valence-corrected chi connectivity index (χ2v) is 7.82. The van der Waals surface area contributed by atoms with Crippen LogP contribution in [0.3, 0.4) is 0 Å². The fourth-order valence-electron chi connectivity index (χ4n) is 3.57. The molecule has 0 unspecified atom stereocenters. The van der Waals surface area contributed by atoms with Crippen LogP contribution in [0.15, 0.2) is 78.9 Å². The van der Waals surface area contributed by atoms with E-state index in [1.807, 2.05) is 84.2 Å². The van der Waals surface area contributed by atoms with Crippen LogP contribution in [0.2, 0.25) is 0 Å². The Morgan fingerprint density at radius 3 is 2.38 bits per heavy atom. The number of hydrogen-bond donors (Lipinski definition) is 2. The molecule has 0 saturated heterocycles. The summed E-state index contributed by atoms with van der Waals surface area (Å²) in [6.07, 6.45) is -3.81. The molecule has 1 fully saturated rings. The van der Waals surface area contributed by atoms with Gasteiger partial charge < -0.3 is 15.4 Å². The minimum absolute atomic E-state index is 0.0240. The van der Waals surface area contributed by atoms with E-state index in [1.54, 1.807) is 0 Å². The van der Waals surface area contributed by atoms with Gasteiger partial charge in [0.1, 0.15) is 18.0 Å². The molecule has 2 N–H and O–H groups in total. The van der Waals surface area contributed by atoms with E-state index in [4.69, 9.17) is 4.74 Å². The van der Waals surface area contributed by atoms with Crippen LogP contribution in [-0.4, -0.2) is 18.6 Å². The maximum atomic E-state index is 12.3. The van der Waals surface area contributed by atoms with Gasteiger partial charge in [-0.25, -0.2) is 0 Å². The van der Waals surface area contributed by atoms with Crippen LogP contribution in [-0.2, 0) is 11.3 Å². The van der Waals surface area contributed by atoms with Crippen LogP contribution >= 0.6 is 0 Å². The maximum absolute atomic E-state index is 12.3. The summed E-state index contributed by atoms with van der Waals surface area (Å²) < 4.78 is 42.6. The maximum Gasteiger partial charge on any atom is 0.405 e. The number of nitrogens with one attached hydrogen (secondary N) is 2. The zero-order valence-corrected chi connectivity index (χ0v) is 17.2. The smallest absolute Gasteiger partial charge is 0.405 e. The van der Waals surface area contributed by atoms with E-state index in [1.165, 1.54) is 0 Å². The number of anilines is 1. The quantitative estimate of drug-likeness (QED) is 0.460. The van der Waals surface area contributed by atoms with Gasteiger partial charge in [-0.1, -0.05) is 42.5 Å². The van der Waals surface area contributed by atoms with Crippen LogP contribution in [0.5, 0.6) is 11.5 Å². The fraction of sp³-hybridized carbons (Fsp3) is 0.240. The third kappa shape index (κ3) is 6.03. The molecule has 4 nitrogen and oxygen atoms in total. The van der Waals surface area contributed by atoms with Crippen LogP contribution in [0, 0.1) is 5.92 Å². The lowest BCUT2D eigenvalue weighted by Crippen LogP contribution is -2.34. The van der Waals surface area contributed by atoms with Gasteiger partial charge in [0.05, 0.1) is 0 Å². The molecule has 1 saturated carbocycles. The van der Waals surface area contributed by atoms with Crippen LogP contribution in [0.4, 0.5) is 18.9 Å². The molecule has 4 rings (SSSR count). The third-order valence-electron chi connectivity index (χ3n) is 5.30. The van der Waals surface area contributed by atoms with Crippen LogP contribution in [0.1, 0.15) is 23.5 Å². The number of ether oxygens (including phenoxy) is 1. The molecule has 0 heterocycles. The number of carbonyl (C=O) groups is 1. The Morgan fingerprint density at radius 2 is 1.66 bits per heavy atom. The molecule has 1 amide bonds. The third-order valence-corrected chi connectivity index (χ3v) is 5.30. The number of para-hydroxylation sites is 1. The van der Waals surface area contributed by atoms with Crippen LogP contribution in [0.25, 0.3) is 0 Å². The van der Waals surface area contributed by atoms with Crippen molar-refractivity contribution in [1.82, 2.24) is 5.32 Å².